The summed E-state index contributed by atoms with van der Waals surface area (Å²) in [6, 6.07) is 8.56. The first-order valence-electron chi connectivity index (χ1n) is 6.36. The molecule has 2 rings (SSSR count). The molecule has 0 fully saturated rings. The SMILES string of the molecule is O=[C]OCCCCCCc1scc2ccccc12. The lowest BCUT2D eigenvalue weighted by Gasteiger charge is -2.00. The number of hydrogen-bond acceptors (Lipinski definition) is 3. The predicted octanol–water partition coefficient (Wildman–Crippen LogP) is 4.09. The topological polar surface area (TPSA) is 26.3 Å². The highest BCUT2D eigenvalue weighted by atomic mass is 32.1. The van der Waals surface area contributed by atoms with Gasteiger partial charge in [-0.25, -0.2) is 4.79 Å². The summed E-state index contributed by atoms with van der Waals surface area (Å²) >= 11 is 1.86. The molecule has 0 bridgehead atoms. The molecule has 1 radical (unpaired) electrons. The molecule has 0 aliphatic rings. The number of unbranched alkanes of at least 4 members (excludes halogenated alkanes) is 3. The Kier molecular flexibility index (Phi) is 5.21. The van der Waals surface area contributed by atoms with Crippen molar-refractivity contribution in [2.24, 2.45) is 0 Å². The van der Waals surface area contributed by atoms with Crippen molar-refractivity contribution in [2.45, 2.75) is 32.1 Å². The third kappa shape index (κ3) is 3.57. The van der Waals surface area contributed by atoms with Crippen LogP contribution in [0.2, 0.25) is 0 Å². The van der Waals surface area contributed by atoms with Crippen LogP contribution >= 0.6 is 11.3 Å². The zero-order chi connectivity index (χ0) is 12.6. The van der Waals surface area contributed by atoms with Crippen molar-refractivity contribution in [3.8, 4) is 0 Å². The fourth-order valence-corrected chi connectivity index (χ4v) is 3.15. The van der Waals surface area contributed by atoms with Gasteiger partial charge in [0.2, 0.25) is 0 Å². The van der Waals surface area contributed by atoms with Crippen LogP contribution in [0.1, 0.15) is 30.6 Å². The summed E-state index contributed by atoms with van der Waals surface area (Å²) in [5.41, 5.74) is 0. The number of benzene rings is 1. The lowest BCUT2D eigenvalue weighted by atomic mass is 10.1. The Morgan fingerprint density at radius 1 is 1.11 bits per heavy atom. The Balaban J connectivity index is 1.72. The molecule has 0 aliphatic heterocycles. The van der Waals surface area contributed by atoms with Crippen molar-refractivity contribution in [3.05, 3.63) is 34.5 Å². The molecule has 1 aromatic carbocycles. The maximum atomic E-state index is 9.83. The summed E-state index contributed by atoms with van der Waals surface area (Å²) in [5.74, 6) is 0. The van der Waals surface area contributed by atoms with Gasteiger partial charge in [0.15, 0.2) is 0 Å². The Labute approximate surface area is 112 Å². The van der Waals surface area contributed by atoms with Gasteiger partial charge in [-0.05, 0) is 35.4 Å². The molecule has 0 amide bonds. The summed E-state index contributed by atoms with van der Waals surface area (Å²) in [6.45, 7) is 1.96. The van der Waals surface area contributed by atoms with Crippen LogP contribution in [-0.2, 0) is 16.0 Å². The van der Waals surface area contributed by atoms with Crippen LogP contribution in [0.25, 0.3) is 10.8 Å². The molecule has 0 spiro atoms. The molecule has 1 aromatic heterocycles. The molecule has 1 heterocycles. The average molecular weight is 261 g/mol. The average Bonchev–Trinajstić information content (AvgIpc) is 2.81. The highest BCUT2D eigenvalue weighted by molar-refractivity contribution is 7.11. The van der Waals surface area contributed by atoms with E-state index in [9.17, 15) is 4.79 Å². The number of hydrogen-bond donors (Lipinski definition) is 0. The van der Waals surface area contributed by atoms with Gasteiger partial charge >= 0.3 is 6.47 Å². The monoisotopic (exact) mass is 261 g/mol. The molecule has 0 N–H and O–H groups in total. The van der Waals surface area contributed by atoms with Crippen molar-refractivity contribution in [2.75, 3.05) is 6.61 Å². The van der Waals surface area contributed by atoms with Crippen molar-refractivity contribution >= 4 is 28.6 Å². The summed E-state index contributed by atoms with van der Waals surface area (Å²) in [7, 11) is 0. The van der Waals surface area contributed by atoms with Gasteiger partial charge < -0.3 is 4.74 Å². The largest absolute Gasteiger partial charge is 0.457 e. The van der Waals surface area contributed by atoms with Gasteiger partial charge in [0.25, 0.3) is 0 Å². The Morgan fingerprint density at radius 3 is 2.83 bits per heavy atom. The van der Waals surface area contributed by atoms with E-state index in [2.05, 4.69) is 34.4 Å². The maximum absolute atomic E-state index is 9.83. The van der Waals surface area contributed by atoms with E-state index >= 15 is 0 Å². The van der Waals surface area contributed by atoms with Crippen LogP contribution in [0.5, 0.6) is 0 Å². The molecular formula is C15H17O2S. The molecule has 0 aliphatic carbocycles. The first kappa shape index (κ1) is 13.1. The molecule has 0 saturated heterocycles. The van der Waals surface area contributed by atoms with Gasteiger partial charge in [-0.3, -0.25) is 0 Å². The third-order valence-electron chi connectivity index (χ3n) is 3.05. The van der Waals surface area contributed by atoms with Crippen LogP contribution in [0.3, 0.4) is 0 Å². The first-order valence-corrected chi connectivity index (χ1v) is 7.24. The van der Waals surface area contributed by atoms with E-state index in [0.29, 0.717) is 6.61 Å². The van der Waals surface area contributed by atoms with E-state index < -0.39 is 0 Å². The molecule has 95 valence electrons. The minimum Gasteiger partial charge on any atom is -0.457 e. The van der Waals surface area contributed by atoms with Gasteiger partial charge in [-0.2, -0.15) is 0 Å². The second-order valence-electron chi connectivity index (χ2n) is 4.34. The van der Waals surface area contributed by atoms with Crippen LogP contribution in [0, 0.1) is 0 Å². The minimum absolute atomic E-state index is 0.505. The fourth-order valence-electron chi connectivity index (χ4n) is 2.10. The van der Waals surface area contributed by atoms with Gasteiger partial charge in [-0.1, -0.05) is 37.1 Å². The zero-order valence-corrected chi connectivity index (χ0v) is 11.2. The van der Waals surface area contributed by atoms with Crippen molar-refractivity contribution in [1.82, 2.24) is 0 Å². The second kappa shape index (κ2) is 7.17. The van der Waals surface area contributed by atoms with Crippen LogP contribution in [0.4, 0.5) is 0 Å². The van der Waals surface area contributed by atoms with E-state index in [1.54, 1.807) is 0 Å². The summed E-state index contributed by atoms with van der Waals surface area (Å²) < 4.78 is 4.54. The molecule has 2 aromatic rings. The van der Waals surface area contributed by atoms with E-state index in [-0.39, 0.29) is 0 Å². The summed E-state index contributed by atoms with van der Waals surface area (Å²) in [4.78, 5) is 11.3. The summed E-state index contributed by atoms with van der Waals surface area (Å²) in [6.07, 6.45) is 5.61. The lowest BCUT2D eigenvalue weighted by Crippen LogP contribution is -1.91. The zero-order valence-electron chi connectivity index (χ0n) is 10.4. The highest BCUT2D eigenvalue weighted by Gasteiger charge is 2.02. The Morgan fingerprint density at radius 2 is 1.94 bits per heavy atom. The van der Waals surface area contributed by atoms with Crippen molar-refractivity contribution < 1.29 is 9.53 Å². The van der Waals surface area contributed by atoms with E-state index in [1.807, 2.05) is 11.3 Å². The fraction of sp³-hybridized carbons (Fsp3) is 0.400. The predicted molar refractivity (Wildman–Crippen MR) is 75.6 cm³/mol. The molecule has 3 heteroatoms. The second-order valence-corrected chi connectivity index (χ2v) is 5.31. The normalized spacial score (nSPS) is 10.7. The van der Waals surface area contributed by atoms with Crippen LogP contribution in [0.15, 0.2) is 29.6 Å². The van der Waals surface area contributed by atoms with Crippen molar-refractivity contribution in [3.63, 3.8) is 0 Å². The van der Waals surface area contributed by atoms with Crippen molar-refractivity contribution in [1.29, 1.82) is 0 Å². The Bertz CT molecular complexity index is 490. The molecular weight excluding hydrogens is 244 g/mol. The van der Waals surface area contributed by atoms with Crippen LogP contribution in [-0.4, -0.2) is 13.1 Å². The number of thiophene rings is 1. The molecule has 0 unspecified atom stereocenters. The third-order valence-corrected chi connectivity index (χ3v) is 4.13. The van der Waals surface area contributed by atoms with E-state index in [4.69, 9.17) is 0 Å². The number of fused-ring (bicyclic) bond motifs is 1. The van der Waals surface area contributed by atoms with Gasteiger partial charge in [0.1, 0.15) is 0 Å². The van der Waals surface area contributed by atoms with E-state index in [0.717, 1.165) is 19.3 Å². The van der Waals surface area contributed by atoms with Gasteiger partial charge in [0.05, 0.1) is 6.61 Å². The number of carbonyl (C=O) groups excluding carboxylic acids is 1. The quantitative estimate of drug-likeness (QED) is 0.669. The number of aryl methyl sites for hydroxylation is 1. The first-order chi connectivity index (χ1) is 8.92. The number of ether oxygens (including phenoxy) is 1. The number of rotatable bonds is 8. The van der Waals surface area contributed by atoms with Gasteiger partial charge in [0, 0.05) is 4.88 Å². The lowest BCUT2D eigenvalue weighted by molar-refractivity contribution is 0.269. The molecule has 18 heavy (non-hydrogen) atoms. The molecule has 2 nitrogen and oxygen atoms in total. The summed E-state index contributed by atoms with van der Waals surface area (Å²) in [5, 5.41) is 4.99. The molecule has 0 saturated carbocycles. The van der Waals surface area contributed by atoms with Crippen LogP contribution < -0.4 is 0 Å². The minimum atomic E-state index is 0.505. The Hall–Kier alpha value is -1.35. The molecule has 0 atom stereocenters. The van der Waals surface area contributed by atoms with Gasteiger partial charge in [-0.15, -0.1) is 11.3 Å². The smallest absolute Gasteiger partial charge is 0.417 e. The highest BCUT2D eigenvalue weighted by Crippen LogP contribution is 2.27. The van der Waals surface area contributed by atoms with E-state index in [1.165, 1.54) is 35.0 Å². The standard InChI is InChI=1S/C15H17O2S/c16-12-17-10-6-2-1-3-9-15-14-8-5-4-7-13(14)11-18-15/h4-5,7-8,11H,1-3,6,9-10H2. The maximum Gasteiger partial charge on any atom is 0.417 e.